The quantitative estimate of drug-likeness (QED) is 0.664. The lowest BCUT2D eigenvalue weighted by Gasteiger charge is -2.09. The van der Waals surface area contributed by atoms with Crippen molar-refractivity contribution in [3.63, 3.8) is 0 Å². The molecule has 0 saturated heterocycles. The summed E-state index contributed by atoms with van der Waals surface area (Å²) in [6.45, 7) is 1.89. The molecule has 2 rings (SSSR count). The molecule has 0 atom stereocenters. The average molecular weight is 255 g/mol. The van der Waals surface area contributed by atoms with Crippen LogP contribution in [0.4, 0.5) is 4.39 Å². The third-order valence-electron chi connectivity index (χ3n) is 2.42. The summed E-state index contributed by atoms with van der Waals surface area (Å²) >= 11 is 11.9. The van der Waals surface area contributed by atoms with Gasteiger partial charge in [-0.15, -0.1) is 0 Å². The number of halogens is 3. The van der Waals surface area contributed by atoms with Crippen LogP contribution < -0.4 is 0 Å². The molecule has 0 N–H and O–H groups in total. The van der Waals surface area contributed by atoms with E-state index >= 15 is 0 Å². The SMILES string of the molecule is Cc1cccc(Cl)c1-c1cc(Cl)ccc1F. The molecule has 82 valence electrons. The van der Waals surface area contributed by atoms with E-state index in [4.69, 9.17) is 23.2 Å². The third-order valence-corrected chi connectivity index (χ3v) is 2.97. The number of hydrogen-bond acceptors (Lipinski definition) is 0. The highest BCUT2D eigenvalue weighted by molar-refractivity contribution is 6.34. The van der Waals surface area contributed by atoms with Gasteiger partial charge in [-0.3, -0.25) is 0 Å². The summed E-state index contributed by atoms with van der Waals surface area (Å²) in [5, 5.41) is 1.02. The van der Waals surface area contributed by atoms with Crippen LogP contribution in [-0.4, -0.2) is 0 Å². The fourth-order valence-electron chi connectivity index (χ4n) is 1.66. The average Bonchev–Trinajstić information content (AvgIpc) is 2.23. The maximum Gasteiger partial charge on any atom is 0.131 e. The van der Waals surface area contributed by atoms with Gasteiger partial charge < -0.3 is 0 Å². The summed E-state index contributed by atoms with van der Waals surface area (Å²) in [5.74, 6) is -0.319. The largest absolute Gasteiger partial charge is 0.206 e. The first-order valence-electron chi connectivity index (χ1n) is 4.80. The van der Waals surface area contributed by atoms with E-state index in [9.17, 15) is 4.39 Å². The normalized spacial score (nSPS) is 10.5. The van der Waals surface area contributed by atoms with Gasteiger partial charge in [-0.25, -0.2) is 4.39 Å². The van der Waals surface area contributed by atoms with Crippen molar-refractivity contribution in [2.24, 2.45) is 0 Å². The molecule has 0 fully saturated rings. The smallest absolute Gasteiger partial charge is 0.131 e. The zero-order valence-corrected chi connectivity index (χ0v) is 10.1. The van der Waals surface area contributed by atoms with Crippen molar-refractivity contribution in [1.29, 1.82) is 0 Å². The Balaban J connectivity index is 2.72. The topological polar surface area (TPSA) is 0 Å². The van der Waals surface area contributed by atoms with Crippen LogP contribution in [0.15, 0.2) is 36.4 Å². The molecule has 0 aliphatic heterocycles. The Morgan fingerprint density at radius 3 is 2.50 bits per heavy atom. The van der Waals surface area contributed by atoms with Crippen LogP contribution in [0, 0.1) is 12.7 Å². The van der Waals surface area contributed by atoms with E-state index in [1.807, 2.05) is 19.1 Å². The first-order valence-corrected chi connectivity index (χ1v) is 5.55. The maximum absolute atomic E-state index is 13.7. The van der Waals surface area contributed by atoms with Gasteiger partial charge in [0.05, 0.1) is 0 Å². The van der Waals surface area contributed by atoms with Crippen molar-refractivity contribution in [2.45, 2.75) is 6.92 Å². The number of hydrogen-bond donors (Lipinski definition) is 0. The molecular weight excluding hydrogens is 246 g/mol. The van der Waals surface area contributed by atoms with Gasteiger partial charge in [0, 0.05) is 21.2 Å². The van der Waals surface area contributed by atoms with Crippen molar-refractivity contribution in [3.05, 3.63) is 57.8 Å². The number of aryl methyl sites for hydroxylation is 1. The Kier molecular flexibility index (Phi) is 3.17. The van der Waals surface area contributed by atoms with E-state index < -0.39 is 0 Å². The predicted molar refractivity (Wildman–Crippen MR) is 66.6 cm³/mol. The van der Waals surface area contributed by atoms with E-state index in [-0.39, 0.29) is 5.82 Å². The van der Waals surface area contributed by atoms with Crippen molar-refractivity contribution in [3.8, 4) is 11.1 Å². The Morgan fingerprint density at radius 1 is 1.06 bits per heavy atom. The minimum Gasteiger partial charge on any atom is -0.206 e. The summed E-state index contributed by atoms with van der Waals surface area (Å²) in [4.78, 5) is 0. The minimum atomic E-state index is -0.319. The Bertz CT molecular complexity index is 515. The molecule has 2 aromatic carbocycles. The van der Waals surface area contributed by atoms with Gasteiger partial charge in [0.2, 0.25) is 0 Å². The molecule has 0 aromatic heterocycles. The highest BCUT2D eigenvalue weighted by Gasteiger charge is 2.11. The lowest BCUT2D eigenvalue weighted by molar-refractivity contribution is 0.631. The Hall–Kier alpha value is -1.05. The lowest BCUT2D eigenvalue weighted by Crippen LogP contribution is -1.89. The molecular formula is C13H9Cl2F. The van der Waals surface area contributed by atoms with Crippen LogP contribution in [0.2, 0.25) is 10.0 Å². The van der Waals surface area contributed by atoms with Crippen LogP contribution in [0.3, 0.4) is 0 Å². The van der Waals surface area contributed by atoms with Gasteiger partial charge in [0.25, 0.3) is 0 Å². The molecule has 0 spiro atoms. The molecule has 0 aliphatic carbocycles. The van der Waals surface area contributed by atoms with Crippen LogP contribution in [-0.2, 0) is 0 Å². The zero-order valence-electron chi connectivity index (χ0n) is 8.60. The van der Waals surface area contributed by atoms with E-state index in [2.05, 4.69) is 0 Å². The van der Waals surface area contributed by atoms with Gasteiger partial charge in [-0.2, -0.15) is 0 Å². The molecule has 0 aliphatic rings. The summed E-state index contributed by atoms with van der Waals surface area (Å²) in [7, 11) is 0. The first-order chi connectivity index (χ1) is 7.59. The minimum absolute atomic E-state index is 0.319. The van der Waals surface area contributed by atoms with Crippen molar-refractivity contribution >= 4 is 23.2 Å². The summed E-state index contributed by atoms with van der Waals surface area (Å²) in [5.41, 5.74) is 2.06. The fraction of sp³-hybridized carbons (Fsp3) is 0.0769. The Labute approximate surface area is 104 Å². The maximum atomic E-state index is 13.7. The highest BCUT2D eigenvalue weighted by Crippen LogP contribution is 2.34. The third kappa shape index (κ3) is 2.06. The molecule has 0 unspecified atom stereocenters. The number of rotatable bonds is 1. The van der Waals surface area contributed by atoms with E-state index in [0.717, 1.165) is 5.56 Å². The van der Waals surface area contributed by atoms with Crippen molar-refractivity contribution < 1.29 is 4.39 Å². The van der Waals surface area contributed by atoms with Gasteiger partial charge in [0.15, 0.2) is 0 Å². The fourth-order valence-corrected chi connectivity index (χ4v) is 2.16. The molecule has 0 saturated carbocycles. The summed E-state index contributed by atoms with van der Waals surface area (Å²) in [6, 6.07) is 9.92. The zero-order chi connectivity index (χ0) is 11.7. The van der Waals surface area contributed by atoms with Gasteiger partial charge in [-0.05, 0) is 36.8 Å². The summed E-state index contributed by atoms with van der Waals surface area (Å²) < 4.78 is 13.7. The second-order valence-electron chi connectivity index (χ2n) is 3.56. The van der Waals surface area contributed by atoms with Crippen LogP contribution in [0.25, 0.3) is 11.1 Å². The van der Waals surface area contributed by atoms with Crippen LogP contribution >= 0.6 is 23.2 Å². The van der Waals surface area contributed by atoms with Gasteiger partial charge in [-0.1, -0.05) is 35.3 Å². The van der Waals surface area contributed by atoms with E-state index in [1.165, 1.54) is 12.1 Å². The second-order valence-corrected chi connectivity index (χ2v) is 4.40. The second kappa shape index (κ2) is 4.44. The first kappa shape index (κ1) is 11.4. The van der Waals surface area contributed by atoms with Crippen LogP contribution in [0.1, 0.15) is 5.56 Å². The molecule has 0 amide bonds. The predicted octanol–water partition coefficient (Wildman–Crippen LogP) is 5.11. The Morgan fingerprint density at radius 2 is 1.81 bits per heavy atom. The molecule has 16 heavy (non-hydrogen) atoms. The highest BCUT2D eigenvalue weighted by atomic mass is 35.5. The lowest BCUT2D eigenvalue weighted by atomic mass is 10.0. The molecule has 0 heterocycles. The molecule has 0 nitrogen and oxygen atoms in total. The van der Waals surface area contributed by atoms with E-state index in [0.29, 0.717) is 21.2 Å². The summed E-state index contributed by atoms with van der Waals surface area (Å²) in [6.07, 6.45) is 0. The molecule has 0 radical (unpaired) electrons. The van der Waals surface area contributed by atoms with Gasteiger partial charge in [0.1, 0.15) is 5.82 Å². The number of benzene rings is 2. The monoisotopic (exact) mass is 254 g/mol. The van der Waals surface area contributed by atoms with Crippen molar-refractivity contribution in [2.75, 3.05) is 0 Å². The molecule has 2 aromatic rings. The molecule has 0 bridgehead atoms. The van der Waals surface area contributed by atoms with Crippen molar-refractivity contribution in [1.82, 2.24) is 0 Å². The van der Waals surface area contributed by atoms with Gasteiger partial charge >= 0.3 is 0 Å². The molecule has 3 heteroatoms. The standard InChI is InChI=1S/C13H9Cl2F/c1-8-3-2-4-11(15)13(8)10-7-9(14)5-6-12(10)16/h2-7H,1H3. The van der Waals surface area contributed by atoms with E-state index in [1.54, 1.807) is 12.1 Å². The van der Waals surface area contributed by atoms with Crippen LogP contribution in [0.5, 0.6) is 0 Å².